The number of rotatable bonds is 1. The van der Waals surface area contributed by atoms with Crippen molar-refractivity contribution in [1.29, 1.82) is 0 Å². The van der Waals surface area contributed by atoms with E-state index >= 15 is 0 Å². The largest absolute Gasteiger partial charge is 0.397 e. The van der Waals surface area contributed by atoms with E-state index in [0.717, 1.165) is 0 Å². The lowest BCUT2D eigenvalue weighted by Gasteiger charge is -2.01. The summed E-state index contributed by atoms with van der Waals surface area (Å²) in [4.78, 5) is 24.2. The molecule has 0 bridgehead atoms. The number of hydrogen-bond donors (Lipinski definition) is 1. The molecule has 13 heavy (non-hydrogen) atoms. The van der Waals surface area contributed by atoms with Crippen LogP contribution in [0.15, 0.2) is 11.2 Å². The van der Waals surface area contributed by atoms with Gasteiger partial charge in [-0.3, -0.25) is 4.79 Å². The quantitative estimate of drug-likeness (QED) is 0.578. The van der Waals surface area contributed by atoms with Gasteiger partial charge in [0.15, 0.2) is 5.69 Å². The zero-order valence-corrected chi connectivity index (χ0v) is 7.63. The minimum atomic E-state index is -1.10. The van der Waals surface area contributed by atoms with Gasteiger partial charge >= 0.3 is 5.91 Å². The van der Waals surface area contributed by atoms with Gasteiger partial charge in [0.1, 0.15) is 5.15 Å². The molecule has 0 atom stereocenters. The Labute approximate surface area is 82.8 Å². The molecular formula is C6H3Cl2N3O2. The van der Waals surface area contributed by atoms with Crippen LogP contribution in [-0.2, 0) is 0 Å². The van der Waals surface area contributed by atoms with Crippen LogP contribution in [0, 0.1) is 4.91 Å². The number of carbonyl (C=O) groups excluding carboxylic acids is 1. The highest BCUT2D eigenvalue weighted by atomic mass is 35.5. The van der Waals surface area contributed by atoms with Crippen molar-refractivity contribution in [1.82, 2.24) is 4.98 Å². The Morgan fingerprint density at radius 1 is 1.54 bits per heavy atom. The summed E-state index contributed by atoms with van der Waals surface area (Å²) in [5.41, 5.74) is 5.11. The Kier molecular flexibility index (Phi) is 2.79. The molecular weight excluding hydrogens is 217 g/mol. The molecule has 2 N–H and O–H groups in total. The molecule has 0 saturated carbocycles. The molecule has 68 valence electrons. The molecule has 0 unspecified atom stereocenters. The van der Waals surface area contributed by atoms with Crippen LogP contribution in [0.4, 0.5) is 5.69 Å². The second kappa shape index (κ2) is 3.68. The number of nitroso groups, excluding NO2 is 1. The van der Waals surface area contributed by atoms with Crippen molar-refractivity contribution in [3.8, 4) is 0 Å². The first-order chi connectivity index (χ1) is 6.06. The summed E-state index contributed by atoms with van der Waals surface area (Å²) in [5, 5.41) is 2.02. The highest BCUT2D eigenvalue weighted by Gasteiger charge is 2.16. The number of halogens is 2. The van der Waals surface area contributed by atoms with Gasteiger partial charge in [0, 0.05) is 5.18 Å². The van der Waals surface area contributed by atoms with Crippen LogP contribution < -0.4 is 5.73 Å². The van der Waals surface area contributed by atoms with Crippen molar-refractivity contribution in [2.24, 2.45) is 5.18 Å². The molecule has 0 fully saturated rings. The van der Waals surface area contributed by atoms with E-state index in [1.807, 2.05) is 0 Å². The van der Waals surface area contributed by atoms with Crippen LogP contribution >= 0.6 is 23.2 Å². The number of carbonyl (C=O) groups is 1. The second-order valence-electron chi connectivity index (χ2n) is 2.09. The molecule has 0 aliphatic carbocycles. The molecule has 0 spiro atoms. The molecule has 0 aliphatic rings. The number of amides is 1. The number of hydrogen-bond acceptors (Lipinski definition) is 4. The average Bonchev–Trinajstić information content (AvgIpc) is 2.10. The number of anilines is 1. The molecule has 0 saturated heterocycles. The van der Waals surface area contributed by atoms with Crippen LogP contribution in [0.2, 0.25) is 10.2 Å². The molecule has 0 radical (unpaired) electrons. The first-order valence-electron chi connectivity index (χ1n) is 3.05. The lowest BCUT2D eigenvalue weighted by Crippen LogP contribution is -2.02. The summed E-state index contributed by atoms with van der Waals surface area (Å²) >= 11 is 11.1. The maximum atomic E-state index is 10.8. The molecule has 0 aliphatic heterocycles. The van der Waals surface area contributed by atoms with Gasteiger partial charge in [-0.15, -0.1) is 4.91 Å². The zero-order valence-electron chi connectivity index (χ0n) is 6.12. The molecule has 1 aromatic heterocycles. The molecule has 1 heterocycles. The highest BCUT2D eigenvalue weighted by Crippen LogP contribution is 2.25. The van der Waals surface area contributed by atoms with Crippen LogP contribution in [-0.4, -0.2) is 10.9 Å². The predicted molar refractivity (Wildman–Crippen MR) is 48.8 cm³/mol. The number of aromatic nitrogens is 1. The van der Waals surface area contributed by atoms with E-state index in [4.69, 9.17) is 28.9 Å². The Bertz CT molecular complexity index is 380. The third-order valence-electron chi connectivity index (χ3n) is 1.24. The summed E-state index contributed by atoms with van der Waals surface area (Å²) in [6.45, 7) is 0. The Morgan fingerprint density at radius 2 is 2.15 bits per heavy atom. The molecule has 1 aromatic rings. The predicted octanol–water partition coefficient (Wildman–Crippen LogP) is 1.88. The summed E-state index contributed by atoms with van der Waals surface area (Å²) in [6.07, 6.45) is 0. The standard InChI is InChI=1S/C6H3Cl2N3O2/c7-3-1-2(9)4(8)5(10-3)6(12)11-13/h1H,(H2,9,10). The molecule has 7 heteroatoms. The van der Waals surface area contributed by atoms with E-state index in [1.165, 1.54) is 6.07 Å². The summed E-state index contributed by atoms with van der Waals surface area (Å²) in [5.74, 6) is -1.10. The lowest BCUT2D eigenvalue weighted by atomic mass is 10.3. The monoisotopic (exact) mass is 219 g/mol. The fourth-order valence-electron chi connectivity index (χ4n) is 0.701. The number of nitrogens with zero attached hydrogens (tertiary/aromatic N) is 2. The smallest absolute Gasteiger partial charge is 0.336 e. The number of nitrogen functional groups attached to an aromatic ring is 1. The topological polar surface area (TPSA) is 85.4 Å². The fourth-order valence-corrected chi connectivity index (χ4v) is 1.08. The number of pyridine rings is 1. The van der Waals surface area contributed by atoms with Gasteiger partial charge in [0.2, 0.25) is 0 Å². The average molecular weight is 220 g/mol. The Balaban J connectivity index is 3.36. The SMILES string of the molecule is Nc1cc(Cl)nc(C(=O)N=O)c1Cl. The van der Waals surface area contributed by atoms with Crippen molar-refractivity contribution in [3.63, 3.8) is 0 Å². The van der Waals surface area contributed by atoms with Crippen LogP contribution in [0.5, 0.6) is 0 Å². The molecule has 5 nitrogen and oxygen atoms in total. The number of nitrogens with two attached hydrogens (primary N) is 1. The van der Waals surface area contributed by atoms with E-state index in [2.05, 4.69) is 10.2 Å². The van der Waals surface area contributed by atoms with Crippen molar-refractivity contribution in [3.05, 3.63) is 26.8 Å². The van der Waals surface area contributed by atoms with Gasteiger partial charge < -0.3 is 5.73 Å². The molecule has 1 rings (SSSR count). The highest BCUT2D eigenvalue weighted by molar-refractivity contribution is 6.37. The van der Waals surface area contributed by atoms with E-state index in [9.17, 15) is 9.70 Å². The van der Waals surface area contributed by atoms with Gasteiger partial charge in [-0.2, -0.15) is 0 Å². The summed E-state index contributed by atoms with van der Waals surface area (Å²) in [6, 6.07) is 1.27. The van der Waals surface area contributed by atoms with E-state index < -0.39 is 5.91 Å². The van der Waals surface area contributed by atoms with Gasteiger partial charge in [-0.25, -0.2) is 4.98 Å². The lowest BCUT2D eigenvalue weighted by molar-refractivity contribution is 0.0996. The third-order valence-corrected chi connectivity index (χ3v) is 1.83. The summed E-state index contributed by atoms with van der Waals surface area (Å²) < 4.78 is 0. The molecule has 1 amide bonds. The van der Waals surface area contributed by atoms with E-state index in [-0.39, 0.29) is 21.6 Å². The van der Waals surface area contributed by atoms with E-state index in [0.29, 0.717) is 0 Å². The van der Waals surface area contributed by atoms with Crippen molar-refractivity contribution in [2.45, 2.75) is 0 Å². The van der Waals surface area contributed by atoms with Crippen LogP contribution in [0.25, 0.3) is 0 Å². The maximum absolute atomic E-state index is 10.8. The van der Waals surface area contributed by atoms with Crippen molar-refractivity contribution in [2.75, 3.05) is 5.73 Å². The zero-order chi connectivity index (χ0) is 10.0. The van der Waals surface area contributed by atoms with Gasteiger partial charge in [0.25, 0.3) is 0 Å². The minimum absolute atomic E-state index is 0.0195. The Hall–Kier alpha value is -1.20. The van der Waals surface area contributed by atoms with Gasteiger partial charge in [-0.1, -0.05) is 23.2 Å². The third kappa shape index (κ3) is 1.93. The maximum Gasteiger partial charge on any atom is 0.336 e. The second-order valence-corrected chi connectivity index (χ2v) is 2.86. The summed E-state index contributed by atoms with van der Waals surface area (Å²) in [7, 11) is 0. The van der Waals surface area contributed by atoms with Crippen molar-refractivity contribution < 1.29 is 4.79 Å². The first-order valence-corrected chi connectivity index (χ1v) is 3.81. The normalized spacial score (nSPS) is 9.69. The Morgan fingerprint density at radius 3 is 2.69 bits per heavy atom. The van der Waals surface area contributed by atoms with Gasteiger partial charge in [-0.05, 0) is 6.07 Å². The van der Waals surface area contributed by atoms with Crippen molar-refractivity contribution >= 4 is 34.8 Å². The van der Waals surface area contributed by atoms with Gasteiger partial charge in [0.05, 0.1) is 10.7 Å². The minimum Gasteiger partial charge on any atom is -0.397 e. The van der Waals surface area contributed by atoms with Crippen LogP contribution in [0.3, 0.4) is 0 Å². The first kappa shape index (κ1) is 9.88. The fraction of sp³-hybridized carbons (Fsp3) is 0. The van der Waals surface area contributed by atoms with E-state index in [1.54, 1.807) is 0 Å². The molecule has 0 aromatic carbocycles. The van der Waals surface area contributed by atoms with Crippen LogP contribution in [0.1, 0.15) is 10.5 Å².